The Morgan fingerprint density at radius 2 is 1.50 bits per heavy atom. The van der Waals surface area contributed by atoms with Crippen LogP contribution in [0.15, 0.2) is 0 Å². The summed E-state index contributed by atoms with van der Waals surface area (Å²) in [6, 6.07) is 0. The van der Waals surface area contributed by atoms with E-state index in [4.69, 9.17) is 9.47 Å². The second kappa shape index (κ2) is 7.22. The van der Waals surface area contributed by atoms with Crippen LogP contribution in [0.5, 0.6) is 0 Å². The summed E-state index contributed by atoms with van der Waals surface area (Å²) in [6.45, 7) is 10.00. The third-order valence-electron chi connectivity index (χ3n) is 2.38. The number of hydrogen-bond acceptors (Lipinski definition) is 4. The van der Waals surface area contributed by atoms with Gasteiger partial charge >= 0.3 is 0 Å². The lowest BCUT2D eigenvalue weighted by molar-refractivity contribution is -0.264. The third kappa shape index (κ3) is 4.78. The lowest BCUT2D eigenvalue weighted by Crippen LogP contribution is -2.52. The molecule has 0 spiro atoms. The molecule has 1 aliphatic heterocycles. The molecule has 1 fully saturated rings. The van der Waals surface area contributed by atoms with Gasteiger partial charge in [0, 0.05) is 13.0 Å². The van der Waals surface area contributed by atoms with E-state index in [1.165, 1.54) is 7.11 Å². The van der Waals surface area contributed by atoms with E-state index in [1.54, 1.807) is 13.8 Å². The van der Waals surface area contributed by atoms with E-state index in [2.05, 4.69) is 20.8 Å². The summed E-state index contributed by atoms with van der Waals surface area (Å²) >= 11 is 0. The van der Waals surface area contributed by atoms with E-state index >= 15 is 0 Å². The van der Waals surface area contributed by atoms with Gasteiger partial charge in [-0.2, -0.15) is 0 Å². The molecule has 16 heavy (non-hydrogen) atoms. The lowest BCUT2D eigenvalue weighted by atomic mass is 9.93. The number of ether oxygens (including phenoxy) is 2. The van der Waals surface area contributed by atoms with E-state index < -0.39 is 18.5 Å². The third-order valence-corrected chi connectivity index (χ3v) is 2.38. The molecule has 1 heterocycles. The van der Waals surface area contributed by atoms with Gasteiger partial charge in [0.05, 0.1) is 12.2 Å². The van der Waals surface area contributed by atoms with Crippen molar-refractivity contribution in [3.05, 3.63) is 0 Å². The SMILES string of the molecule is CC(C)C.COC1OC(C)C(O)C(O)C1C. The summed E-state index contributed by atoms with van der Waals surface area (Å²) in [6.07, 6.45) is -2.37. The topological polar surface area (TPSA) is 58.9 Å². The highest BCUT2D eigenvalue weighted by Gasteiger charge is 2.39. The van der Waals surface area contributed by atoms with Gasteiger partial charge in [-0.15, -0.1) is 0 Å². The molecule has 2 N–H and O–H groups in total. The summed E-state index contributed by atoms with van der Waals surface area (Å²) < 4.78 is 10.3. The van der Waals surface area contributed by atoms with Crippen molar-refractivity contribution in [3.8, 4) is 0 Å². The van der Waals surface area contributed by atoms with Crippen LogP contribution >= 0.6 is 0 Å². The zero-order valence-electron chi connectivity index (χ0n) is 11.2. The number of aliphatic hydroxyl groups excluding tert-OH is 2. The lowest BCUT2D eigenvalue weighted by Gasteiger charge is -2.39. The normalized spacial score (nSPS) is 39.2. The van der Waals surface area contributed by atoms with Crippen molar-refractivity contribution in [2.75, 3.05) is 7.11 Å². The molecule has 1 saturated heterocycles. The van der Waals surface area contributed by atoms with Crippen LogP contribution in [0, 0.1) is 11.8 Å². The van der Waals surface area contributed by atoms with Crippen LogP contribution in [0.1, 0.15) is 34.6 Å². The first-order valence-corrected chi connectivity index (χ1v) is 5.85. The van der Waals surface area contributed by atoms with Crippen molar-refractivity contribution in [1.29, 1.82) is 0 Å². The van der Waals surface area contributed by atoms with Gasteiger partial charge in [-0.1, -0.05) is 27.7 Å². The molecule has 4 nitrogen and oxygen atoms in total. The summed E-state index contributed by atoms with van der Waals surface area (Å²) in [7, 11) is 1.53. The van der Waals surface area contributed by atoms with Crippen LogP contribution in [0.3, 0.4) is 0 Å². The number of hydrogen-bond donors (Lipinski definition) is 2. The van der Waals surface area contributed by atoms with Gasteiger partial charge in [0.1, 0.15) is 6.10 Å². The summed E-state index contributed by atoms with van der Waals surface area (Å²) in [5.41, 5.74) is 0. The molecule has 0 aromatic heterocycles. The molecule has 5 unspecified atom stereocenters. The second-order valence-electron chi connectivity index (χ2n) is 5.02. The van der Waals surface area contributed by atoms with Crippen LogP contribution in [0.4, 0.5) is 0 Å². The van der Waals surface area contributed by atoms with Gasteiger partial charge in [0.25, 0.3) is 0 Å². The second-order valence-corrected chi connectivity index (χ2v) is 5.02. The first kappa shape index (κ1) is 15.8. The molecule has 0 saturated carbocycles. The Balaban J connectivity index is 0.000000487. The molecule has 0 radical (unpaired) electrons. The van der Waals surface area contributed by atoms with E-state index in [0.29, 0.717) is 0 Å². The first-order valence-electron chi connectivity index (χ1n) is 5.85. The average Bonchev–Trinajstić information content (AvgIpc) is 2.19. The fourth-order valence-electron chi connectivity index (χ4n) is 1.44. The minimum absolute atomic E-state index is 0.193. The molecule has 4 heteroatoms. The van der Waals surface area contributed by atoms with Crippen molar-refractivity contribution in [1.82, 2.24) is 0 Å². The zero-order chi connectivity index (χ0) is 12.9. The van der Waals surface area contributed by atoms with E-state index in [1.807, 2.05) is 0 Å². The van der Waals surface area contributed by atoms with Gasteiger partial charge in [0.15, 0.2) is 6.29 Å². The van der Waals surface area contributed by atoms with Crippen LogP contribution in [-0.4, -0.2) is 41.9 Å². The van der Waals surface area contributed by atoms with Gasteiger partial charge in [-0.3, -0.25) is 0 Å². The summed E-state index contributed by atoms with van der Waals surface area (Å²) in [5.74, 6) is 0.640. The maximum Gasteiger partial charge on any atom is 0.162 e. The minimum Gasteiger partial charge on any atom is -0.390 e. The predicted molar refractivity (Wildman–Crippen MR) is 63.0 cm³/mol. The van der Waals surface area contributed by atoms with E-state index in [0.717, 1.165) is 5.92 Å². The van der Waals surface area contributed by atoms with Crippen LogP contribution in [0.2, 0.25) is 0 Å². The van der Waals surface area contributed by atoms with Crippen molar-refractivity contribution < 1.29 is 19.7 Å². The van der Waals surface area contributed by atoms with Gasteiger partial charge in [0.2, 0.25) is 0 Å². The maximum absolute atomic E-state index is 9.51. The highest BCUT2D eigenvalue weighted by atomic mass is 16.7. The molecule has 0 bridgehead atoms. The van der Waals surface area contributed by atoms with Gasteiger partial charge in [-0.05, 0) is 12.8 Å². The van der Waals surface area contributed by atoms with Crippen molar-refractivity contribution >= 4 is 0 Å². The zero-order valence-corrected chi connectivity index (χ0v) is 11.2. The molecule has 1 aliphatic rings. The fraction of sp³-hybridized carbons (Fsp3) is 1.00. The molecule has 5 atom stereocenters. The molecular weight excluding hydrogens is 208 g/mol. The molecule has 0 aromatic rings. The monoisotopic (exact) mass is 234 g/mol. The highest BCUT2D eigenvalue weighted by Crippen LogP contribution is 2.25. The van der Waals surface area contributed by atoms with Gasteiger partial charge in [-0.25, -0.2) is 0 Å². The average molecular weight is 234 g/mol. The van der Waals surface area contributed by atoms with Crippen molar-refractivity contribution in [2.45, 2.75) is 59.2 Å². The van der Waals surface area contributed by atoms with Gasteiger partial charge < -0.3 is 19.7 Å². The van der Waals surface area contributed by atoms with Crippen molar-refractivity contribution in [2.24, 2.45) is 11.8 Å². The summed E-state index contributed by atoms with van der Waals surface area (Å²) in [5, 5.41) is 18.9. The molecule has 0 amide bonds. The standard InChI is InChI=1S/C8H16O4.C4H10/c1-4-6(9)7(10)5(2)12-8(4)11-3;1-4(2)3/h4-10H,1-3H3;4H,1-3H3. The van der Waals surface area contributed by atoms with Crippen LogP contribution in [0.25, 0.3) is 0 Å². The number of rotatable bonds is 1. The quantitative estimate of drug-likeness (QED) is 0.720. The Kier molecular flexibility index (Phi) is 7.15. The Bertz CT molecular complexity index is 176. The highest BCUT2D eigenvalue weighted by molar-refractivity contribution is 4.84. The molecular formula is C12H26O4. The molecule has 0 aromatic carbocycles. The molecule has 98 valence electrons. The Morgan fingerprint density at radius 1 is 1.06 bits per heavy atom. The number of aliphatic hydroxyl groups is 2. The van der Waals surface area contributed by atoms with Crippen LogP contribution in [-0.2, 0) is 9.47 Å². The largest absolute Gasteiger partial charge is 0.390 e. The Labute approximate surface area is 98.6 Å². The smallest absolute Gasteiger partial charge is 0.162 e. The fourth-order valence-corrected chi connectivity index (χ4v) is 1.44. The number of methoxy groups -OCH3 is 1. The Hall–Kier alpha value is -0.160. The van der Waals surface area contributed by atoms with Crippen LogP contribution < -0.4 is 0 Å². The van der Waals surface area contributed by atoms with E-state index in [9.17, 15) is 10.2 Å². The summed E-state index contributed by atoms with van der Waals surface area (Å²) in [4.78, 5) is 0. The van der Waals surface area contributed by atoms with E-state index in [-0.39, 0.29) is 12.0 Å². The predicted octanol–water partition coefficient (Wildman–Crippen LogP) is 1.40. The maximum atomic E-state index is 9.51. The minimum atomic E-state index is -0.814. The molecule has 1 rings (SSSR count). The first-order chi connectivity index (χ1) is 7.31. The molecule has 0 aliphatic carbocycles. The Morgan fingerprint density at radius 3 is 1.88 bits per heavy atom. The van der Waals surface area contributed by atoms with Crippen molar-refractivity contribution in [3.63, 3.8) is 0 Å².